The maximum Gasteiger partial charge on any atom is 0.305 e. The Bertz CT molecular complexity index is 1400. The smallest absolute Gasteiger partial charge is 0.305 e. The highest BCUT2D eigenvalue weighted by Gasteiger charge is 2.17. The molecule has 0 atom stereocenters. The van der Waals surface area contributed by atoms with Crippen molar-refractivity contribution in [1.82, 2.24) is 10.3 Å². The molecule has 0 aliphatic heterocycles. The highest BCUT2D eigenvalue weighted by molar-refractivity contribution is 5.38. The van der Waals surface area contributed by atoms with Gasteiger partial charge in [-0.2, -0.15) is 4.39 Å². The lowest BCUT2D eigenvalue weighted by molar-refractivity contribution is -0.387. The van der Waals surface area contributed by atoms with Gasteiger partial charge in [-0.15, -0.1) is 0 Å². The topological polar surface area (TPSA) is 105 Å². The van der Waals surface area contributed by atoms with Crippen molar-refractivity contribution in [1.29, 1.82) is 0 Å². The van der Waals surface area contributed by atoms with Gasteiger partial charge >= 0.3 is 5.69 Å². The van der Waals surface area contributed by atoms with Gasteiger partial charge in [0.05, 0.1) is 31.0 Å². The van der Waals surface area contributed by atoms with Gasteiger partial charge in [0.2, 0.25) is 5.82 Å². The number of aromatic nitrogens is 1. The average molecular weight is 534 g/mol. The van der Waals surface area contributed by atoms with Crippen LogP contribution < -0.4 is 24.3 Å². The van der Waals surface area contributed by atoms with Crippen LogP contribution in [0.25, 0.3) is 0 Å². The minimum Gasteiger partial charge on any atom is -0.497 e. The zero-order valence-electron chi connectivity index (χ0n) is 21.6. The van der Waals surface area contributed by atoms with Crippen molar-refractivity contribution < 1.29 is 28.3 Å². The van der Waals surface area contributed by atoms with Crippen LogP contribution in [0.5, 0.6) is 23.0 Å². The summed E-state index contributed by atoms with van der Waals surface area (Å²) in [5.74, 6) is 1.65. The number of rotatable bonds is 13. The molecular weight excluding hydrogens is 505 g/mol. The van der Waals surface area contributed by atoms with Gasteiger partial charge in [0.15, 0.2) is 0 Å². The van der Waals surface area contributed by atoms with Crippen LogP contribution in [0.1, 0.15) is 22.4 Å². The van der Waals surface area contributed by atoms with Gasteiger partial charge in [-0.05, 0) is 35.4 Å². The molecule has 0 aliphatic carbocycles. The van der Waals surface area contributed by atoms with E-state index in [0.717, 1.165) is 28.7 Å². The molecule has 0 spiro atoms. The zero-order valence-corrected chi connectivity index (χ0v) is 21.6. The summed E-state index contributed by atoms with van der Waals surface area (Å²) in [6.07, 6.45) is 1.59. The Morgan fingerprint density at radius 2 is 1.46 bits per heavy atom. The minimum atomic E-state index is -0.860. The Morgan fingerprint density at radius 3 is 2.05 bits per heavy atom. The lowest BCUT2D eigenvalue weighted by Gasteiger charge is -2.14. The quantitative estimate of drug-likeness (QED) is 0.175. The molecule has 1 aromatic heterocycles. The molecule has 4 rings (SSSR count). The number of nitro benzene ring substituents is 1. The molecule has 10 heteroatoms. The normalized spacial score (nSPS) is 10.6. The third-order valence-electron chi connectivity index (χ3n) is 5.89. The van der Waals surface area contributed by atoms with Crippen LogP contribution in [0.4, 0.5) is 10.1 Å². The first-order valence-electron chi connectivity index (χ1n) is 12.1. The fraction of sp³-hybridized carbons (Fsp3) is 0.207. The summed E-state index contributed by atoms with van der Waals surface area (Å²) in [5.41, 5.74) is 2.09. The predicted octanol–water partition coefficient (Wildman–Crippen LogP) is 5.59. The molecular formula is C29H28FN3O6. The van der Waals surface area contributed by atoms with Gasteiger partial charge in [-0.3, -0.25) is 15.1 Å². The summed E-state index contributed by atoms with van der Waals surface area (Å²) in [4.78, 5) is 14.8. The number of benzene rings is 3. The van der Waals surface area contributed by atoms with Gasteiger partial charge in [0.25, 0.3) is 0 Å². The first-order chi connectivity index (χ1) is 19.0. The number of pyridine rings is 1. The Kier molecular flexibility index (Phi) is 9.25. The van der Waals surface area contributed by atoms with Crippen molar-refractivity contribution >= 4 is 5.69 Å². The predicted molar refractivity (Wildman–Crippen MR) is 142 cm³/mol. The summed E-state index contributed by atoms with van der Waals surface area (Å²) in [6, 6.07) is 20.9. The van der Waals surface area contributed by atoms with Gasteiger partial charge < -0.3 is 24.3 Å². The zero-order chi connectivity index (χ0) is 27.6. The standard InChI is InChI=1S/C29H28FN3O6/c1-36-23-10-6-20(7-11-23)18-38-25-14-28(39-19-21-8-12-24(37-2)13-9-21)26(32-16-25)17-31-15-22-4-3-5-27(29(22)30)33(34)35/h3-14,16,31H,15,17-19H2,1-2H3. The van der Waals surface area contributed by atoms with E-state index in [1.165, 1.54) is 12.1 Å². The van der Waals surface area contributed by atoms with Crippen LogP contribution in [-0.4, -0.2) is 24.1 Å². The van der Waals surface area contributed by atoms with Crippen LogP contribution in [-0.2, 0) is 26.3 Å². The van der Waals surface area contributed by atoms with E-state index in [9.17, 15) is 14.5 Å². The van der Waals surface area contributed by atoms with E-state index in [1.807, 2.05) is 48.5 Å². The summed E-state index contributed by atoms with van der Waals surface area (Å²) >= 11 is 0. The maximum absolute atomic E-state index is 14.5. The van der Waals surface area contributed by atoms with E-state index in [2.05, 4.69) is 10.3 Å². The molecule has 0 saturated carbocycles. The van der Waals surface area contributed by atoms with Crippen molar-refractivity contribution in [3.8, 4) is 23.0 Å². The summed E-state index contributed by atoms with van der Waals surface area (Å²) in [7, 11) is 3.22. The number of nitrogens with one attached hydrogen (secondary N) is 1. The second-order valence-corrected chi connectivity index (χ2v) is 8.50. The molecule has 0 bridgehead atoms. The maximum atomic E-state index is 14.5. The number of ether oxygens (including phenoxy) is 4. The van der Waals surface area contributed by atoms with Gasteiger partial charge in [-0.25, -0.2) is 0 Å². The van der Waals surface area contributed by atoms with Crippen molar-refractivity contribution in [3.63, 3.8) is 0 Å². The number of halogens is 1. The molecule has 0 aliphatic rings. The van der Waals surface area contributed by atoms with Crippen LogP contribution >= 0.6 is 0 Å². The Hall–Kier alpha value is -4.70. The highest BCUT2D eigenvalue weighted by Crippen LogP contribution is 2.26. The van der Waals surface area contributed by atoms with E-state index < -0.39 is 16.4 Å². The van der Waals surface area contributed by atoms with E-state index >= 15 is 0 Å². The molecule has 39 heavy (non-hydrogen) atoms. The Labute approximate surface area is 225 Å². The van der Waals surface area contributed by atoms with E-state index in [-0.39, 0.29) is 25.3 Å². The average Bonchev–Trinajstić information content (AvgIpc) is 2.97. The van der Waals surface area contributed by atoms with E-state index in [4.69, 9.17) is 18.9 Å². The van der Waals surface area contributed by atoms with E-state index in [0.29, 0.717) is 23.8 Å². The first-order valence-corrected chi connectivity index (χ1v) is 12.1. The van der Waals surface area contributed by atoms with Crippen molar-refractivity contribution in [3.05, 3.63) is 117 Å². The highest BCUT2D eigenvalue weighted by atomic mass is 19.1. The molecule has 9 nitrogen and oxygen atoms in total. The van der Waals surface area contributed by atoms with Crippen LogP contribution in [0.3, 0.4) is 0 Å². The molecule has 0 amide bonds. The van der Waals surface area contributed by atoms with Crippen molar-refractivity contribution in [2.45, 2.75) is 26.3 Å². The molecule has 1 heterocycles. The van der Waals surface area contributed by atoms with Crippen LogP contribution in [0.2, 0.25) is 0 Å². The monoisotopic (exact) mass is 533 g/mol. The van der Waals surface area contributed by atoms with Crippen molar-refractivity contribution in [2.24, 2.45) is 0 Å². The third kappa shape index (κ3) is 7.42. The van der Waals surface area contributed by atoms with Crippen LogP contribution in [0.15, 0.2) is 79.0 Å². The lowest BCUT2D eigenvalue weighted by atomic mass is 10.2. The number of nitrogens with zero attached hydrogens (tertiary/aromatic N) is 2. The largest absolute Gasteiger partial charge is 0.497 e. The van der Waals surface area contributed by atoms with Gasteiger partial charge in [-0.1, -0.05) is 36.4 Å². The lowest BCUT2D eigenvalue weighted by Crippen LogP contribution is -2.16. The molecule has 202 valence electrons. The summed E-state index contributed by atoms with van der Waals surface area (Å²) < 4.78 is 36.9. The fourth-order valence-electron chi connectivity index (χ4n) is 3.72. The fourth-order valence-corrected chi connectivity index (χ4v) is 3.72. The van der Waals surface area contributed by atoms with Crippen LogP contribution in [0, 0.1) is 15.9 Å². The molecule has 0 saturated heterocycles. The Morgan fingerprint density at radius 1 is 0.846 bits per heavy atom. The minimum absolute atomic E-state index is 0.0723. The van der Waals surface area contributed by atoms with E-state index in [1.54, 1.807) is 26.5 Å². The third-order valence-corrected chi connectivity index (χ3v) is 5.89. The second kappa shape index (κ2) is 13.2. The number of hydrogen-bond acceptors (Lipinski definition) is 8. The summed E-state index contributed by atoms with van der Waals surface area (Å²) in [5, 5.41) is 14.1. The van der Waals surface area contributed by atoms with Gasteiger partial charge in [0, 0.05) is 30.8 Å². The first kappa shape index (κ1) is 27.3. The molecule has 0 unspecified atom stereocenters. The second-order valence-electron chi connectivity index (χ2n) is 8.50. The molecule has 1 N–H and O–H groups in total. The molecule has 0 radical (unpaired) electrons. The molecule has 4 aromatic rings. The molecule has 0 fully saturated rings. The number of nitro groups is 1. The van der Waals surface area contributed by atoms with Gasteiger partial charge in [0.1, 0.15) is 36.2 Å². The number of methoxy groups -OCH3 is 2. The summed E-state index contributed by atoms with van der Waals surface area (Å²) in [6.45, 7) is 0.912. The van der Waals surface area contributed by atoms with Crippen molar-refractivity contribution in [2.75, 3.05) is 14.2 Å². The Balaban J connectivity index is 1.46. The number of hydrogen-bond donors (Lipinski definition) is 1. The SMILES string of the molecule is COc1ccc(COc2cnc(CNCc3cccc([N+](=O)[O-])c3F)c(OCc3ccc(OC)cc3)c2)cc1. The molecule has 3 aromatic carbocycles.